The van der Waals surface area contributed by atoms with Crippen LogP contribution in [0.1, 0.15) is 21.1 Å². The quantitative estimate of drug-likeness (QED) is 0.505. The first kappa shape index (κ1) is 19.1. The third-order valence-corrected chi connectivity index (χ3v) is 5.48. The Labute approximate surface area is 172 Å². The number of thiazole rings is 1. The van der Waals surface area contributed by atoms with Crippen LogP contribution in [0, 0.1) is 6.92 Å². The predicted molar refractivity (Wildman–Crippen MR) is 113 cm³/mol. The standard InChI is InChI=1S/C21H21N5O2S/c1-13-23-15(12-29-13)11-25(2)21(27)18-8-19(14-9-22-26(3)10-14)24-20-7-16(28-4)5-6-17(18)20/h5-10,12H,11H2,1-4H3. The molecule has 3 heterocycles. The number of aromatic nitrogens is 4. The van der Waals surface area contributed by atoms with Crippen LogP contribution >= 0.6 is 11.3 Å². The van der Waals surface area contributed by atoms with Crippen molar-refractivity contribution >= 4 is 28.1 Å². The van der Waals surface area contributed by atoms with E-state index in [0.717, 1.165) is 21.7 Å². The zero-order valence-electron chi connectivity index (χ0n) is 16.7. The first-order chi connectivity index (χ1) is 13.9. The van der Waals surface area contributed by atoms with Crippen LogP contribution in [0.5, 0.6) is 5.75 Å². The molecule has 0 radical (unpaired) electrons. The van der Waals surface area contributed by atoms with Crippen molar-refractivity contribution in [1.82, 2.24) is 24.6 Å². The summed E-state index contributed by atoms with van der Waals surface area (Å²) in [4.78, 5) is 24.2. The van der Waals surface area contributed by atoms with E-state index < -0.39 is 0 Å². The molecule has 0 aliphatic carbocycles. The number of pyridine rings is 1. The van der Waals surface area contributed by atoms with E-state index in [9.17, 15) is 4.79 Å². The van der Waals surface area contributed by atoms with Gasteiger partial charge >= 0.3 is 0 Å². The molecular weight excluding hydrogens is 386 g/mol. The summed E-state index contributed by atoms with van der Waals surface area (Å²) in [5, 5.41) is 7.98. The van der Waals surface area contributed by atoms with Gasteiger partial charge in [-0.15, -0.1) is 11.3 Å². The summed E-state index contributed by atoms with van der Waals surface area (Å²) < 4.78 is 7.06. The Balaban J connectivity index is 1.79. The molecule has 0 saturated carbocycles. The molecule has 0 saturated heterocycles. The van der Waals surface area contributed by atoms with Crippen LogP contribution in [-0.4, -0.2) is 44.7 Å². The lowest BCUT2D eigenvalue weighted by Gasteiger charge is -2.18. The number of benzene rings is 1. The van der Waals surface area contributed by atoms with Crippen LogP contribution in [0.3, 0.4) is 0 Å². The highest BCUT2D eigenvalue weighted by molar-refractivity contribution is 7.09. The van der Waals surface area contributed by atoms with Crippen LogP contribution in [0.2, 0.25) is 0 Å². The molecule has 3 aromatic heterocycles. The summed E-state index contributed by atoms with van der Waals surface area (Å²) >= 11 is 1.58. The average molecular weight is 407 g/mol. The molecule has 148 valence electrons. The Morgan fingerprint density at radius 1 is 1.28 bits per heavy atom. The number of fused-ring (bicyclic) bond motifs is 1. The van der Waals surface area contributed by atoms with E-state index in [0.29, 0.717) is 29.1 Å². The van der Waals surface area contributed by atoms with Crippen LogP contribution < -0.4 is 4.74 Å². The molecule has 0 fully saturated rings. The summed E-state index contributed by atoms with van der Waals surface area (Å²) in [6.07, 6.45) is 3.62. The smallest absolute Gasteiger partial charge is 0.254 e. The maximum atomic E-state index is 13.3. The van der Waals surface area contributed by atoms with Crippen molar-refractivity contribution in [2.24, 2.45) is 7.05 Å². The van der Waals surface area contributed by atoms with Gasteiger partial charge in [-0.1, -0.05) is 0 Å². The Bertz CT molecular complexity index is 1200. The fraction of sp³-hybridized carbons (Fsp3) is 0.238. The summed E-state index contributed by atoms with van der Waals surface area (Å²) in [7, 11) is 5.25. The van der Waals surface area contributed by atoms with Gasteiger partial charge < -0.3 is 9.64 Å². The monoisotopic (exact) mass is 407 g/mol. The molecule has 0 unspecified atom stereocenters. The highest BCUT2D eigenvalue weighted by Gasteiger charge is 2.19. The normalized spacial score (nSPS) is 11.0. The predicted octanol–water partition coefficient (Wildman–Crippen LogP) is 3.68. The zero-order valence-corrected chi connectivity index (χ0v) is 17.5. The van der Waals surface area contributed by atoms with Crippen molar-refractivity contribution in [3.63, 3.8) is 0 Å². The minimum Gasteiger partial charge on any atom is -0.497 e. The lowest BCUT2D eigenvalue weighted by Crippen LogP contribution is -2.26. The van der Waals surface area contributed by atoms with Gasteiger partial charge in [0, 0.05) is 42.7 Å². The lowest BCUT2D eigenvalue weighted by molar-refractivity contribution is 0.0785. The number of nitrogens with zero attached hydrogens (tertiary/aromatic N) is 5. The summed E-state index contributed by atoms with van der Waals surface area (Å²) in [5.74, 6) is 0.608. The van der Waals surface area contributed by atoms with Gasteiger partial charge in [-0.05, 0) is 25.1 Å². The van der Waals surface area contributed by atoms with E-state index >= 15 is 0 Å². The van der Waals surface area contributed by atoms with E-state index in [1.165, 1.54) is 0 Å². The van der Waals surface area contributed by atoms with Gasteiger partial charge in [0.2, 0.25) is 0 Å². The molecule has 7 nitrogen and oxygen atoms in total. The fourth-order valence-corrected chi connectivity index (χ4v) is 3.82. The third-order valence-electron chi connectivity index (χ3n) is 4.66. The van der Waals surface area contributed by atoms with Crippen molar-refractivity contribution < 1.29 is 9.53 Å². The second kappa shape index (κ2) is 7.63. The van der Waals surface area contributed by atoms with Gasteiger partial charge in [0.05, 0.1) is 47.3 Å². The van der Waals surface area contributed by atoms with Gasteiger partial charge in [0.25, 0.3) is 5.91 Å². The summed E-state index contributed by atoms with van der Waals surface area (Å²) in [6, 6.07) is 7.39. The number of amides is 1. The minimum absolute atomic E-state index is 0.0849. The number of rotatable bonds is 5. The Hall–Kier alpha value is -3.26. The lowest BCUT2D eigenvalue weighted by atomic mass is 10.0. The molecule has 4 aromatic rings. The maximum Gasteiger partial charge on any atom is 0.254 e. The highest BCUT2D eigenvalue weighted by Crippen LogP contribution is 2.28. The maximum absolute atomic E-state index is 13.3. The second-order valence-electron chi connectivity index (χ2n) is 6.86. The number of ether oxygens (including phenoxy) is 1. The zero-order chi connectivity index (χ0) is 20.5. The molecule has 0 aliphatic heterocycles. The van der Waals surface area contributed by atoms with Gasteiger partial charge in [-0.25, -0.2) is 9.97 Å². The SMILES string of the molecule is COc1ccc2c(C(=O)N(C)Cc3csc(C)n3)cc(-c3cnn(C)c3)nc2c1. The molecule has 0 spiro atoms. The van der Waals surface area contributed by atoms with Crippen molar-refractivity contribution in [3.05, 3.63) is 58.3 Å². The largest absolute Gasteiger partial charge is 0.497 e. The van der Waals surface area contributed by atoms with Crippen LogP contribution in [-0.2, 0) is 13.6 Å². The van der Waals surface area contributed by atoms with E-state index in [1.807, 2.05) is 49.8 Å². The molecular formula is C21H21N5O2S. The number of methoxy groups -OCH3 is 1. The van der Waals surface area contributed by atoms with Gasteiger partial charge in [-0.3, -0.25) is 9.48 Å². The second-order valence-corrected chi connectivity index (χ2v) is 7.92. The third kappa shape index (κ3) is 3.84. The Morgan fingerprint density at radius 2 is 2.10 bits per heavy atom. The first-order valence-corrected chi connectivity index (χ1v) is 9.97. The molecule has 1 amide bonds. The molecule has 0 aliphatic rings. The molecule has 8 heteroatoms. The van der Waals surface area contributed by atoms with Gasteiger partial charge in [0.1, 0.15) is 5.75 Å². The molecule has 0 bridgehead atoms. The number of carbonyl (C=O) groups is 1. The number of carbonyl (C=O) groups excluding carboxylic acids is 1. The molecule has 0 atom stereocenters. The van der Waals surface area contributed by atoms with Crippen molar-refractivity contribution in [2.75, 3.05) is 14.2 Å². The van der Waals surface area contributed by atoms with E-state index in [4.69, 9.17) is 9.72 Å². The fourth-order valence-electron chi connectivity index (χ4n) is 3.21. The highest BCUT2D eigenvalue weighted by atomic mass is 32.1. The molecule has 0 N–H and O–H groups in total. The topological polar surface area (TPSA) is 73.1 Å². The molecule has 4 rings (SSSR count). The van der Waals surface area contributed by atoms with Crippen LogP contribution in [0.15, 0.2) is 42.0 Å². The van der Waals surface area contributed by atoms with Gasteiger partial charge in [-0.2, -0.15) is 5.10 Å². The molecule has 29 heavy (non-hydrogen) atoms. The number of aryl methyl sites for hydroxylation is 2. The Morgan fingerprint density at radius 3 is 2.76 bits per heavy atom. The van der Waals surface area contributed by atoms with E-state index in [-0.39, 0.29) is 5.91 Å². The van der Waals surface area contributed by atoms with E-state index in [1.54, 1.807) is 41.3 Å². The number of hydrogen-bond acceptors (Lipinski definition) is 6. The van der Waals surface area contributed by atoms with E-state index in [2.05, 4.69) is 10.1 Å². The average Bonchev–Trinajstić information content (AvgIpc) is 3.33. The first-order valence-electron chi connectivity index (χ1n) is 9.09. The van der Waals surface area contributed by atoms with Crippen LogP contribution in [0.25, 0.3) is 22.2 Å². The minimum atomic E-state index is -0.0849. The van der Waals surface area contributed by atoms with Crippen molar-refractivity contribution in [2.45, 2.75) is 13.5 Å². The van der Waals surface area contributed by atoms with Crippen molar-refractivity contribution in [3.8, 4) is 17.0 Å². The van der Waals surface area contributed by atoms with Crippen LogP contribution in [0.4, 0.5) is 0 Å². The number of hydrogen-bond donors (Lipinski definition) is 0. The summed E-state index contributed by atoms with van der Waals surface area (Å²) in [5.41, 5.74) is 3.72. The van der Waals surface area contributed by atoms with Gasteiger partial charge in [0.15, 0.2) is 0 Å². The van der Waals surface area contributed by atoms with Crippen molar-refractivity contribution in [1.29, 1.82) is 0 Å². The summed E-state index contributed by atoms with van der Waals surface area (Å²) in [6.45, 7) is 2.41. The Kier molecular flexibility index (Phi) is 5.02. The molecule has 1 aromatic carbocycles.